The fraction of sp³-hybridized carbons (Fsp3) is 0.417. The van der Waals surface area contributed by atoms with Gasteiger partial charge in [0.1, 0.15) is 0 Å². The van der Waals surface area contributed by atoms with Crippen molar-refractivity contribution >= 4 is 23.2 Å². The van der Waals surface area contributed by atoms with E-state index in [1.807, 2.05) is 70.3 Å². The molecule has 0 unspecified atom stereocenters. The summed E-state index contributed by atoms with van der Waals surface area (Å²) in [5.74, 6) is 0.0988. The molecule has 6 heteroatoms. The number of benzene rings is 2. The van der Waals surface area contributed by atoms with Crippen molar-refractivity contribution in [1.82, 2.24) is 9.80 Å². The maximum atomic E-state index is 12.7. The average Bonchev–Trinajstić information content (AvgIpc) is 2.72. The summed E-state index contributed by atoms with van der Waals surface area (Å²) < 4.78 is 0. The van der Waals surface area contributed by atoms with Crippen LogP contribution < -0.4 is 10.2 Å². The number of aryl methyl sites for hydroxylation is 3. The fourth-order valence-electron chi connectivity index (χ4n) is 3.87. The van der Waals surface area contributed by atoms with Crippen LogP contribution in [0.4, 0.5) is 11.4 Å². The Balaban J connectivity index is 1.46. The number of rotatable bonds is 6. The minimum absolute atomic E-state index is 0.0104. The van der Waals surface area contributed by atoms with E-state index >= 15 is 0 Å². The molecule has 0 spiro atoms. The molecule has 0 saturated carbocycles. The highest BCUT2D eigenvalue weighted by atomic mass is 16.2. The van der Waals surface area contributed by atoms with E-state index in [1.54, 1.807) is 4.90 Å². The van der Waals surface area contributed by atoms with Crippen LogP contribution in [0.15, 0.2) is 42.5 Å². The van der Waals surface area contributed by atoms with Gasteiger partial charge in [0, 0.05) is 44.6 Å². The molecule has 0 bridgehead atoms. The van der Waals surface area contributed by atoms with Gasteiger partial charge < -0.3 is 10.2 Å². The van der Waals surface area contributed by atoms with Crippen molar-refractivity contribution in [2.45, 2.75) is 20.8 Å². The van der Waals surface area contributed by atoms with Crippen molar-refractivity contribution in [2.24, 2.45) is 0 Å². The molecule has 0 atom stereocenters. The lowest BCUT2D eigenvalue weighted by Gasteiger charge is -2.34. The summed E-state index contributed by atoms with van der Waals surface area (Å²) in [6.45, 7) is 9.92. The van der Waals surface area contributed by atoms with Crippen molar-refractivity contribution in [3.05, 3.63) is 59.2 Å². The van der Waals surface area contributed by atoms with Crippen molar-refractivity contribution in [1.29, 1.82) is 0 Å². The Bertz CT molecular complexity index is 884. The van der Waals surface area contributed by atoms with E-state index in [2.05, 4.69) is 15.1 Å². The highest BCUT2D eigenvalue weighted by molar-refractivity contribution is 5.95. The normalized spacial score (nSPS) is 15.1. The Morgan fingerprint density at radius 2 is 1.37 bits per heavy atom. The smallest absolute Gasteiger partial charge is 0.240 e. The minimum atomic E-state index is 0.0104. The number of likely N-dealkylation sites (N-methyl/N-ethyl adjacent to an activating group) is 1. The Morgan fingerprint density at radius 1 is 0.833 bits per heavy atom. The molecule has 2 amide bonds. The summed E-state index contributed by atoms with van der Waals surface area (Å²) in [5, 5.41) is 3.05. The number of hydrogen-bond donors (Lipinski definition) is 1. The Hall–Kier alpha value is -2.70. The van der Waals surface area contributed by atoms with Gasteiger partial charge in [-0.25, -0.2) is 0 Å². The van der Waals surface area contributed by atoms with Crippen LogP contribution in [0.3, 0.4) is 0 Å². The van der Waals surface area contributed by atoms with Crippen LogP contribution in [0.25, 0.3) is 0 Å². The Kier molecular flexibility index (Phi) is 7.24. The van der Waals surface area contributed by atoms with Gasteiger partial charge in [0.2, 0.25) is 11.8 Å². The molecule has 1 heterocycles. The fourth-order valence-corrected chi connectivity index (χ4v) is 3.87. The monoisotopic (exact) mass is 408 g/mol. The third-order valence-electron chi connectivity index (χ3n) is 5.79. The van der Waals surface area contributed by atoms with E-state index in [0.29, 0.717) is 13.1 Å². The van der Waals surface area contributed by atoms with E-state index in [9.17, 15) is 9.59 Å². The van der Waals surface area contributed by atoms with Gasteiger partial charge in [-0.1, -0.05) is 36.4 Å². The van der Waals surface area contributed by atoms with E-state index in [0.717, 1.165) is 54.2 Å². The lowest BCUT2D eigenvalue weighted by molar-refractivity contribution is -0.121. The highest BCUT2D eigenvalue weighted by Crippen LogP contribution is 2.20. The number of carbonyl (C=O) groups is 2. The first-order valence-corrected chi connectivity index (χ1v) is 10.5. The van der Waals surface area contributed by atoms with Crippen LogP contribution >= 0.6 is 0 Å². The molecule has 3 rings (SSSR count). The van der Waals surface area contributed by atoms with Crippen LogP contribution in [0.2, 0.25) is 0 Å². The SMILES string of the molecule is Cc1ccccc1N(C)C(=O)CN1CCN(CC(=O)Nc2c(C)cccc2C)CC1. The summed E-state index contributed by atoms with van der Waals surface area (Å²) in [7, 11) is 1.83. The molecule has 0 aliphatic carbocycles. The summed E-state index contributed by atoms with van der Waals surface area (Å²) in [5.41, 5.74) is 5.09. The second-order valence-corrected chi connectivity index (χ2v) is 8.11. The average molecular weight is 409 g/mol. The zero-order chi connectivity index (χ0) is 21.7. The largest absolute Gasteiger partial charge is 0.324 e. The third-order valence-corrected chi connectivity index (χ3v) is 5.79. The molecule has 6 nitrogen and oxygen atoms in total. The van der Waals surface area contributed by atoms with Crippen LogP contribution in [-0.4, -0.2) is 67.9 Å². The molecule has 2 aromatic rings. The maximum Gasteiger partial charge on any atom is 0.240 e. The van der Waals surface area contributed by atoms with Gasteiger partial charge in [0.05, 0.1) is 13.1 Å². The van der Waals surface area contributed by atoms with E-state index < -0.39 is 0 Å². The van der Waals surface area contributed by atoms with Gasteiger partial charge >= 0.3 is 0 Å². The number of anilines is 2. The number of nitrogens with zero attached hydrogens (tertiary/aromatic N) is 3. The van der Waals surface area contributed by atoms with Gasteiger partial charge in [-0.15, -0.1) is 0 Å². The van der Waals surface area contributed by atoms with Crippen LogP contribution in [-0.2, 0) is 9.59 Å². The van der Waals surface area contributed by atoms with Gasteiger partial charge in [0.25, 0.3) is 0 Å². The highest BCUT2D eigenvalue weighted by Gasteiger charge is 2.23. The van der Waals surface area contributed by atoms with Crippen molar-refractivity contribution in [2.75, 3.05) is 56.5 Å². The number of amides is 2. The predicted octanol–water partition coefficient (Wildman–Crippen LogP) is 2.83. The molecule has 1 N–H and O–H groups in total. The number of hydrogen-bond acceptors (Lipinski definition) is 4. The number of piperazine rings is 1. The quantitative estimate of drug-likeness (QED) is 0.799. The van der Waals surface area contributed by atoms with Gasteiger partial charge in [-0.05, 0) is 43.5 Å². The van der Waals surface area contributed by atoms with Crippen LogP contribution in [0.5, 0.6) is 0 Å². The third kappa shape index (κ3) is 5.46. The maximum absolute atomic E-state index is 12.7. The molecule has 160 valence electrons. The lowest BCUT2D eigenvalue weighted by atomic mass is 10.1. The molecular formula is C24H32N4O2. The lowest BCUT2D eigenvalue weighted by Crippen LogP contribution is -2.51. The molecule has 0 radical (unpaired) electrons. The predicted molar refractivity (Wildman–Crippen MR) is 122 cm³/mol. The second-order valence-electron chi connectivity index (χ2n) is 8.11. The standard InChI is InChI=1S/C24H32N4O2/c1-18-8-5-6-11-21(18)26(4)23(30)17-28-14-12-27(13-15-28)16-22(29)25-24-19(2)9-7-10-20(24)3/h5-11H,12-17H2,1-4H3,(H,25,29). The number of nitrogens with one attached hydrogen (secondary N) is 1. The van der Waals surface area contributed by atoms with Crippen LogP contribution in [0, 0.1) is 20.8 Å². The summed E-state index contributed by atoms with van der Waals surface area (Å²) in [6, 6.07) is 13.9. The summed E-state index contributed by atoms with van der Waals surface area (Å²) in [4.78, 5) is 31.2. The molecule has 1 aliphatic rings. The zero-order valence-corrected chi connectivity index (χ0v) is 18.4. The summed E-state index contributed by atoms with van der Waals surface area (Å²) in [6.07, 6.45) is 0. The van der Waals surface area contributed by atoms with E-state index in [-0.39, 0.29) is 11.8 Å². The minimum Gasteiger partial charge on any atom is -0.324 e. The van der Waals surface area contributed by atoms with Gasteiger partial charge in [-0.3, -0.25) is 19.4 Å². The first-order valence-electron chi connectivity index (χ1n) is 10.5. The van der Waals surface area contributed by atoms with Crippen molar-refractivity contribution < 1.29 is 9.59 Å². The summed E-state index contributed by atoms with van der Waals surface area (Å²) >= 11 is 0. The molecule has 1 fully saturated rings. The van der Waals surface area contributed by atoms with E-state index in [4.69, 9.17) is 0 Å². The topological polar surface area (TPSA) is 55.9 Å². The van der Waals surface area contributed by atoms with Crippen LogP contribution in [0.1, 0.15) is 16.7 Å². The molecule has 2 aromatic carbocycles. The number of para-hydroxylation sites is 2. The molecule has 0 aromatic heterocycles. The Morgan fingerprint density at radius 3 is 1.97 bits per heavy atom. The first-order chi connectivity index (χ1) is 14.3. The molecule has 1 aliphatic heterocycles. The van der Waals surface area contributed by atoms with E-state index in [1.165, 1.54) is 0 Å². The van der Waals surface area contributed by atoms with Crippen molar-refractivity contribution in [3.63, 3.8) is 0 Å². The van der Waals surface area contributed by atoms with Crippen molar-refractivity contribution in [3.8, 4) is 0 Å². The Labute approximate surface area is 179 Å². The van der Waals surface area contributed by atoms with Gasteiger partial charge in [0.15, 0.2) is 0 Å². The molecular weight excluding hydrogens is 376 g/mol. The molecule has 30 heavy (non-hydrogen) atoms. The molecule has 1 saturated heterocycles. The zero-order valence-electron chi connectivity index (χ0n) is 18.4. The van der Waals surface area contributed by atoms with Gasteiger partial charge in [-0.2, -0.15) is 0 Å². The first kappa shape index (κ1) is 22.0. The number of carbonyl (C=O) groups excluding carboxylic acids is 2. The second kappa shape index (κ2) is 9.87.